The lowest BCUT2D eigenvalue weighted by Gasteiger charge is -2.15. The Morgan fingerprint density at radius 3 is 2.47 bits per heavy atom. The zero-order valence-corrected chi connectivity index (χ0v) is 20.5. The molecule has 0 amide bonds. The van der Waals surface area contributed by atoms with Crippen LogP contribution in [0, 0.1) is 6.92 Å². The number of anilines is 1. The van der Waals surface area contributed by atoms with Crippen molar-refractivity contribution in [1.82, 2.24) is 4.98 Å². The summed E-state index contributed by atoms with van der Waals surface area (Å²) >= 11 is 0. The van der Waals surface area contributed by atoms with E-state index in [4.69, 9.17) is 0 Å². The number of H-pyrrole nitrogens is 1. The Balaban J connectivity index is 0.000000243. The van der Waals surface area contributed by atoms with Crippen molar-refractivity contribution in [2.45, 2.75) is 52.9 Å². The molecule has 1 aromatic heterocycles. The smallest absolute Gasteiger partial charge is 0.270 e. The molecule has 2 N–H and O–H groups in total. The van der Waals surface area contributed by atoms with Gasteiger partial charge in [0.05, 0.1) is 0 Å². The Labute approximate surface area is 201 Å². The Kier molecular flexibility index (Phi) is 8.27. The fourth-order valence-electron chi connectivity index (χ4n) is 3.87. The molecule has 4 rings (SSSR count). The zero-order valence-electron chi connectivity index (χ0n) is 20.5. The molecule has 0 saturated carbocycles. The maximum absolute atomic E-state index is 13.4. The summed E-state index contributed by atoms with van der Waals surface area (Å²) in [5.41, 5.74) is 7.45. The summed E-state index contributed by atoms with van der Waals surface area (Å²) in [7, 11) is 0. The fourth-order valence-corrected chi connectivity index (χ4v) is 3.87. The highest BCUT2D eigenvalue weighted by Gasteiger charge is 2.24. The third-order valence-corrected chi connectivity index (χ3v) is 5.90. The van der Waals surface area contributed by atoms with E-state index in [-0.39, 0.29) is 5.56 Å². The van der Waals surface area contributed by atoms with Crippen molar-refractivity contribution in [3.05, 3.63) is 107 Å². The van der Waals surface area contributed by atoms with Crippen LogP contribution in [0.4, 0.5) is 14.5 Å². The van der Waals surface area contributed by atoms with Crippen molar-refractivity contribution in [2.75, 3.05) is 5.32 Å². The highest BCUT2D eigenvalue weighted by Crippen LogP contribution is 2.29. The highest BCUT2D eigenvalue weighted by atomic mass is 19.3. The number of fused-ring (bicyclic) bond motifs is 1. The van der Waals surface area contributed by atoms with Gasteiger partial charge < -0.3 is 10.3 Å². The van der Waals surface area contributed by atoms with Gasteiger partial charge in [0.25, 0.3) is 5.92 Å². The van der Waals surface area contributed by atoms with E-state index in [1.807, 2.05) is 12.3 Å². The van der Waals surface area contributed by atoms with E-state index in [0.717, 1.165) is 31.7 Å². The number of aryl methyl sites for hydroxylation is 3. The third kappa shape index (κ3) is 6.57. The topological polar surface area (TPSA) is 27.8 Å². The molecule has 0 aliphatic carbocycles. The Morgan fingerprint density at radius 2 is 1.79 bits per heavy atom. The van der Waals surface area contributed by atoms with Gasteiger partial charge in [-0.3, -0.25) is 0 Å². The predicted octanol–water partition coefficient (Wildman–Crippen LogP) is 8.87. The Hall–Kier alpha value is -3.40. The number of nitrogens with one attached hydrogen (secondary N) is 2. The Morgan fingerprint density at radius 1 is 1.00 bits per heavy atom. The van der Waals surface area contributed by atoms with Crippen LogP contribution in [0.1, 0.15) is 55.0 Å². The summed E-state index contributed by atoms with van der Waals surface area (Å²) in [4.78, 5) is 3.17. The minimum Gasteiger partial charge on any atom is -0.361 e. The van der Waals surface area contributed by atoms with Crippen molar-refractivity contribution < 1.29 is 8.78 Å². The second-order valence-electron chi connectivity index (χ2n) is 8.72. The van der Waals surface area contributed by atoms with Gasteiger partial charge in [-0.1, -0.05) is 57.2 Å². The Bertz CT molecular complexity index is 1250. The van der Waals surface area contributed by atoms with Gasteiger partial charge in [0.15, 0.2) is 0 Å². The van der Waals surface area contributed by atoms with E-state index >= 15 is 0 Å². The minimum atomic E-state index is -2.85. The largest absolute Gasteiger partial charge is 0.361 e. The number of hydrogen-bond acceptors (Lipinski definition) is 1. The van der Waals surface area contributed by atoms with Gasteiger partial charge in [-0.25, -0.2) is 8.78 Å². The number of aromatic nitrogens is 1. The maximum atomic E-state index is 13.4. The van der Waals surface area contributed by atoms with E-state index in [1.165, 1.54) is 39.7 Å². The minimum absolute atomic E-state index is 0.00947. The first-order valence-corrected chi connectivity index (χ1v) is 11.8. The molecule has 4 heteroatoms. The summed E-state index contributed by atoms with van der Waals surface area (Å²) in [6, 6.07) is 21.1. The molecule has 1 heterocycles. The third-order valence-electron chi connectivity index (χ3n) is 5.90. The molecule has 0 saturated heterocycles. The van der Waals surface area contributed by atoms with Gasteiger partial charge >= 0.3 is 0 Å². The number of benzene rings is 3. The molecule has 2 nitrogen and oxygen atoms in total. The molecule has 0 radical (unpaired) electrons. The van der Waals surface area contributed by atoms with Gasteiger partial charge in [0.2, 0.25) is 0 Å². The molecule has 0 aliphatic rings. The van der Waals surface area contributed by atoms with Crippen LogP contribution >= 0.6 is 0 Å². The lowest BCUT2D eigenvalue weighted by Crippen LogP contribution is -2.07. The average Bonchev–Trinajstić information content (AvgIpc) is 3.28. The molecule has 0 atom stereocenters. The van der Waals surface area contributed by atoms with Crippen LogP contribution in [-0.4, -0.2) is 4.98 Å². The van der Waals surface area contributed by atoms with E-state index in [0.29, 0.717) is 11.4 Å². The van der Waals surface area contributed by atoms with Crippen molar-refractivity contribution in [3.63, 3.8) is 0 Å². The summed E-state index contributed by atoms with van der Waals surface area (Å²) in [5.74, 6) is -2.85. The highest BCUT2D eigenvalue weighted by molar-refractivity contribution is 5.80. The van der Waals surface area contributed by atoms with E-state index in [2.05, 4.69) is 74.0 Å². The first-order valence-electron chi connectivity index (χ1n) is 11.8. The molecule has 178 valence electrons. The molecule has 0 spiro atoms. The normalized spacial score (nSPS) is 11.1. The van der Waals surface area contributed by atoms with Gasteiger partial charge in [0, 0.05) is 35.6 Å². The standard InChI is InChI=1S/C20H23F2N.C10H11N/c1-5-7-16-10-11-17(12-14(16)2)15(3)23-19-9-6-8-18(13-19)20(4,21)22;1-2-8-3-4-10-9(7-8)5-6-11-10/h6,8-13,23H,3,5,7H2,1-2,4H3;3-7,11H,2H2,1H3. The van der Waals surface area contributed by atoms with Crippen LogP contribution < -0.4 is 5.32 Å². The number of rotatable bonds is 7. The van der Waals surface area contributed by atoms with E-state index in [1.54, 1.807) is 12.1 Å². The summed E-state index contributed by atoms with van der Waals surface area (Å²) < 4.78 is 26.8. The summed E-state index contributed by atoms with van der Waals surface area (Å²) in [6.45, 7) is 11.3. The molecule has 0 bridgehead atoms. The number of hydrogen-bond donors (Lipinski definition) is 2. The van der Waals surface area contributed by atoms with Gasteiger partial charge in [0.1, 0.15) is 0 Å². The quantitative estimate of drug-likeness (QED) is 0.283. The first kappa shape index (κ1) is 25.2. The second-order valence-corrected chi connectivity index (χ2v) is 8.72. The van der Waals surface area contributed by atoms with Gasteiger partial charge in [-0.2, -0.15) is 0 Å². The predicted molar refractivity (Wildman–Crippen MR) is 142 cm³/mol. The zero-order chi connectivity index (χ0) is 24.7. The average molecular weight is 461 g/mol. The molecular weight excluding hydrogens is 426 g/mol. The second kappa shape index (κ2) is 11.1. The van der Waals surface area contributed by atoms with Crippen molar-refractivity contribution >= 4 is 22.3 Å². The monoisotopic (exact) mass is 460 g/mol. The van der Waals surface area contributed by atoms with Gasteiger partial charge in [-0.05, 0) is 83.8 Å². The van der Waals surface area contributed by atoms with E-state index < -0.39 is 5.92 Å². The molecule has 4 aromatic rings. The van der Waals surface area contributed by atoms with Crippen LogP contribution in [0.15, 0.2) is 79.5 Å². The van der Waals surface area contributed by atoms with Crippen molar-refractivity contribution in [3.8, 4) is 0 Å². The number of alkyl halides is 2. The summed E-state index contributed by atoms with van der Waals surface area (Å²) in [6.07, 6.45) is 5.25. The number of aromatic amines is 1. The van der Waals surface area contributed by atoms with Gasteiger partial charge in [-0.15, -0.1) is 0 Å². The molecule has 0 aliphatic heterocycles. The SMILES string of the molecule is C=C(Nc1cccc(C(C)(F)F)c1)c1ccc(CCC)c(C)c1.CCc1ccc2[nH]ccc2c1. The number of halogens is 2. The van der Waals surface area contributed by atoms with Crippen LogP contribution in [0.25, 0.3) is 16.6 Å². The molecular formula is C30H34F2N2. The van der Waals surface area contributed by atoms with Crippen molar-refractivity contribution in [2.24, 2.45) is 0 Å². The molecule has 0 fully saturated rings. The van der Waals surface area contributed by atoms with Crippen LogP contribution in [0.3, 0.4) is 0 Å². The first-order chi connectivity index (χ1) is 16.2. The lowest BCUT2D eigenvalue weighted by atomic mass is 10.0. The van der Waals surface area contributed by atoms with Crippen LogP contribution in [-0.2, 0) is 18.8 Å². The van der Waals surface area contributed by atoms with Crippen LogP contribution in [0.2, 0.25) is 0 Å². The molecule has 34 heavy (non-hydrogen) atoms. The molecule has 0 unspecified atom stereocenters. The van der Waals surface area contributed by atoms with E-state index in [9.17, 15) is 8.78 Å². The fraction of sp³-hybridized carbons (Fsp3) is 0.267. The molecule has 3 aromatic carbocycles. The summed E-state index contributed by atoms with van der Waals surface area (Å²) in [5, 5.41) is 4.43. The lowest BCUT2D eigenvalue weighted by molar-refractivity contribution is 0.0175. The maximum Gasteiger partial charge on any atom is 0.270 e. The van der Waals surface area contributed by atoms with Crippen molar-refractivity contribution in [1.29, 1.82) is 0 Å². The van der Waals surface area contributed by atoms with Crippen LogP contribution in [0.5, 0.6) is 0 Å².